The largest absolute Gasteiger partial charge is 0.464 e. The number of nitrogens with zero attached hydrogens (tertiary/aromatic N) is 2. The number of carbonyl (C=O) groups excluding carboxylic acids is 2. The van der Waals surface area contributed by atoms with Crippen LogP contribution in [0.5, 0.6) is 0 Å². The van der Waals surface area contributed by atoms with Gasteiger partial charge in [0.2, 0.25) is 5.91 Å². The summed E-state index contributed by atoms with van der Waals surface area (Å²) in [5, 5.41) is 0. The summed E-state index contributed by atoms with van der Waals surface area (Å²) in [6.07, 6.45) is 4.11. The molecule has 0 bridgehead atoms. The molecular formula is C18H26N2O4. The van der Waals surface area contributed by atoms with E-state index < -0.39 is 0 Å². The minimum Gasteiger partial charge on any atom is -0.464 e. The van der Waals surface area contributed by atoms with Crippen molar-refractivity contribution in [3.63, 3.8) is 0 Å². The van der Waals surface area contributed by atoms with Crippen LogP contribution in [0.2, 0.25) is 0 Å². The molecule has 3 rings (SSSR count). The molecule has 2 atom stereocenters. The van der Waals surface area contributed by atoms with Gasteiger partial charge in [0.15, 0.2) is 0 Å². The Kier molecular flexibility index (Phi) is 5.11. The Morgan fingerprint density at radius 2 is 2.04 bits per heavy atom. The van der Waals surface area contributed by atoms with Crippen LogP contribution >= 0.6 is 0 Å². The summed E-state index contributed by atoms with van der Waals surface area (Å²) in [7, 11) is 1.38. The van der Waals surface area contributed by atoms with Crippen LogP contribution in [0.15, 0.2) is 16.5 Å². The maximum Gasteiger partial charge on any atom is 0.409 e. The van der Waals surface area contributed by atoms with Gasteiger partial charge in [-0.25, -0.2) is 4.79 Å². The van der Waals surface area contributed by atoms with Crippen LogP contribution in [0.3, 0.4) is 0 Å². The summed E-state index contributed by atoms with van der Waals surface area (Å²) in [5.74, 6) is 1.84. The number of hydrogen-bond donors (Lipinski definition) is 0. The molecule has 6 nitrogen and oxygen atoms in total. The number of hydrogen-bond acceptors (Lipinski definition) is 4. The molecule has 6 heteroatoms. The van der Waals surface area contributed by atoms with Crippen LogP contribution in [0.4, 0.5) is 4.79 Å². The highest BCUT2D eigenvalue weighted by Gasteiger charge is 2.38. The third-order valence-electron chi connectivity index (χ3n) is 5.10. The summed E-state index contributed by atoms with van der Waals surface area (Å²) in [6.45, 7) is 3.94. The SMILES string of the molecule is CCc1ccc([C@@H]2CCCN2C(=O)[C@H]2CCCN(C(=O)OC)C2)o1. The fourth-order valence-corrected chi connectivity index (χ4v) is 3.80. The standard InChI is InChI=1S/C18H26N2O4/c1-3-14-8-9-16(24-14)15-7-5-11-20(15)17(21)13-6-4-10-19(12-13)18(22)23-2/h8-9,13,15H,3-7,10-12H2,1-2H3/t13-,15-/m0/s1. The molecule has 1 aromatic heterocycles. The number of carbonyl (C=O) groups is 2. The lowest BCUT2D eigenvalue weighted by molar-refractivity contribution is -0.138. The first-order valence-electron chi connectivity index (χ1n) is 8.86. The van der Waals surface area contributed by atoms with E-state index in [1.807, 2.05) is 17.0 Å². The van der Waals surface area contributed by atoms with E-state index in [-0.39, 0.29) is 24.0 Å². The first-order valence-corrected chi connectivity index (χ1v) is 8.86. The maximum atomic E-state index is 13.0. The molecule has 0 aliphatic carbocycles. The van der Waals surface area contributed by atoms with Gasteiger partial charge in [0.25, 0.3) is 0 Å². The fourth-order valence-electron chi connectivity index (χ4n) is 3.80. The van der Waals surface area contributed by atoms with Crippen molar-refractivity contribution in [2.24, 2.45) is 5.92 Å². The minimum atomic E-state index is -0.343. The van der Waals surface area contributed by atoms with E-state index in [1.54, 1.807) is 4.90 Å². The average Bonchev–Trinajstić information content (AvgIpc) is 3.29. The highest BCUT2D eigenvalue weighted by Crippen LogP contribution is 2.35. The number of piperidine rings is 1. The number of methoxy groups -OCH3 is 1. The van der Waals surface area contributed by atoms with Crippen LogP contribution in [-0.2, 0) is 16.0 Å². The quantitative estimate of drug-likeness (QED) is 0.852. The van der Waals surface area contributed by atoms with Crippen LogP contribution in [0.1, 0.15) is 50.2 Å². The summed E-state index contributed by atoms with van der Waals surface area (Å²) >= 11 is 0. The van der Waals surface area contributed by atoms with Crippen LogP contribution in [0.25, 0.3) is 0 Å². The Morgan fingerprint density at radius 3 is 2.75 bits per heavy atom. The predicted octanol–water partition coefficient (Wildman–Crippen LogP) is 2.98. The van der Waals surface area contributed by atoms with Crippen molar-refractivity contribution >= 4 is 12.0 Å². The number of amides is 2. The van der Waals surface area contributed by atoms with Crippen molar-refractivity contribution in [1.29, 1.82) is 0 Å². The molecule has 24 heavy (non-hydrogen) atoms. The Balaban J connectivity index is 1.70. The second kappa shape index (κ2) is 7.28. The highest BCUT2D eigenvalue weighted by molar-refractivity contribution is 5.80. The average molecular weight is 334 g/mol. The van der Waals surface area contributed by atoms with E-state index in [4.69, 9.17) is 9.15 Å². The van der Waals surface area contributed by atoms with Crippen molar-refractivity contribution < 1.29 is 18.7 Å². The molecule has 2 aliphatic heterocycles. The number of rotatable bonds is 3. The molecular weight excluding hydrogens is 308 g/mol. The number of likely N-dealkylation sites (tertiary alicyclic amines) is 2. The van der Waals surface area contributed by atoms with Crippen LogP contribution < -0.4 is 0 Å². The lowest BCUT2D eigenvalue weighted by Gasteiger charge is -2.34. The van der Waals surface area contributed by atoms with E-state index >= 15 is 0 Å². The summed E-state index contributed by atoms with van der Waals surface area (Å²) in [4.78, 5) is 28.4. The Morgan fingerprint density at radius 1 is 1.25 bits per heavy atom. The second-order valence-corrected chi connectivity index (χ2v) is 6.60. The molecule has 2 fully saturated rings. The van der Waals surface area contributed by atoms with Gasteiger partial charge in [0.1, 0.15) is 11.5 Å². The van der Waals surface area contributed by atoms with Gasteiger partial charge in [-0.1, -0.05) is 6.92 Å². The van der Waals surface area contributed by atoms with Crippen molar-refractivity contribution in [2.75, 3.05) is 26.7 Å². The topological polar surface area (TPSA) is 63.0 Å². The van der Waals surface area contributed by atoms with Gasteiger partial charge >= 0.3 is 6.09 Å². The van der Waals surface area contributed by atoms with Crippen molar-refractivity contribution in [3.8, 4) is 0 Å². The Labute approximate surface area is 142 Å². The summed E-state index contributed by atoms with van der Waals surface area (Å²) < 4.78 is 10.7. The van der Waals surface area contributed by atoms with Gasteiger partial charge in [-0.2, -0.15) is 0 Å². The molecule has 0 radical (unpaired) electrons. The first kappa shape index (κ1) is 16.9. The second-order valence-electron chi connectivity index (χ2n) is 6.60. The molecule has 1 aromatic rings. The number of aryl methyl sites for hydroxylation is 1. The molecule has 2 aliphatic rings. The van der Waals surface area contributed by atoms with Crippen molar-refractivity contribution in [2.45, 2.75) is 45.1 Å². The van der Waals surface area contributed by atoms with E-state index in [1.165, 1.54) is 7.11 Å². The van der Waals surface area contributed by atoms with Gasteiger partial charge in [0.05, 0.1) is 19.1 Å². The molecule has 3 heterocycles. The predicted molar refractivity (Wildman–Crippen MR) is 88.5 cm³/mol. The van der Waals surface area contributed by atoms with Gasteiger partial charge in [-0.15, -0.1) is 0 Å². The van der Waals surface area contributed by atoms with Gasteiger partial charge < -0.3 is 19.0 Å². The molecule has 0 unspecified atom stereocenters. The summed E-state index contributed by atoms with van der Waals surface area (Å²) in [5.41, 5.74) is 0. The Bertz CT molecular complexity index is 598. The fraction of sp³-hybridized carbons (Fsp3) is 0.667. The Hall–Kier alpha value is -1.98. The summed E-state index contributed by atoms with van der Waals surface area (Å²) in [6, 6.07) is 4.03. The van der Waals surface area contributed by atoms with Gasteiger partial charge in [-0.05, 0) is 37.8 Å². The number of furan rings is 1. The monoisotopic (exact) mass is 334 g/mol. The smallest absolute Gasteiger partial charge is 0.409 e. The normalized spacial score (nSPS) is 24.2. The van der Waals surface area contributed by atoms with Crippen molar-refractivity contribution in [1.82, 2.24) is 9.80 Å². The van der Waals surface area contributed by atoms with Gasteiger partial charge in [0, 0.05) is 26.1 Å². The number of ether oxygens (including phenoxy) is 1. The first-order chi connectivity index (χ1) is 11.6. The molecule has 0 spiro atoms. The molecule has 132 valence electrons. The van der Waals surface area contributed by atoms with E-state index in [2.05, 4.69) is 6.92 Å². The zero-order valence-corrected chi connectivity index (χ0v) is 14.5. The third-order valence-corrected chi connectivity index (χ3v) is 5.10. The maximum absolute atomic E-state index is 13.0. The van der Waals surface area contributed by atoms with E-state index in [9.17, 15) is 9.59 Å². The van der Waals surface area contributed by atoms with Crippen LogP contribution in [-0.4, -0.2) is 48.5 Å². The molecule has 0 aromatic carbocycles. The van der Waals surface area contributed by atoms with Crippen LogP contribution in [0, 0.1) is 5.92 Å². The van der Waals surface area contributed by atoms with E-state index in [0.29, 0.717) is 13.1 Å². The zero-order chi connectivity index (χ0) is 17.1. The minimum absolute atomic E-state index is 0.0336. The third kappa shape index (κ3) is 3.28. The van der Waals surface area contributed by atoms with Crippen molar-refractivity contribution in [3.05, 3.63) is 23.7 Å². The molecule has 0 N–H and O–H groups in total. The highest BCUT2D eigenvalue weighted by atomic mass is 16.5. The lowest BCUT2D eigenvalue weighted by Crippen LogP contribution is -2.46. The molecule has 2 saturated heterocycles. The van der Waals surface area contributed by atoms with E-state index in [0.717, 1.165) is 50.2 Å². The molecule has 0 saturated carbocycles. The lowest BCUT2D eigenvalue weighted by atomic mass is 9.96. The zero-order valence-electron chi connectivity index (χ0n) is 14.5. The molecule has 2 amide bonds. The van der Waals surface area contributed by atoms with Gasteiger partial charge in [-0.3, -0.25) is 4.79 Å².